The second-order valence-electron chi connectivity index (χ2n) is 5.82. The molecule has 0 aromatic carbocycles. The quantitative estimate of drug-likeness (QED) is 0.679. The van der Waals surface area contributed by atoms with Crippen molar-refractivity contribution in [3.63, 3.8) is 0 Å². The van der Waals surface area contributed by atoms with Gasteiger partial charge in [0.15, 0.2) is 11.1 Å². The highest BCUT2D eigenvalue weighted by atomic mass is 32.1. The fourth-order valence-electron chi connectivity index (χ4n) is 2.65. The van der Waals surface area contributed by atoms with Crippen LogP contribution in [-0.4, -0.2) is 48.6 Å². The van der Waals surface area contributed by atoms with Crippen molar-refractivity contribution in [1.29, 1.82) is 0 Å². The molecule has 1 aliphatic carbocycles. The van der Waals surface area contributed by atoms with E-state index in [0.29, 0.717) is 5.41 Å². The highest BCUT2D eigenvalue weighted by molar-refractivity contribution is 7.13. The number of aliphatic imine (C=N–C) groups is 1. The van der Waals surface area contributed by atoms with E-state index in [1.165, 1.54) is 19.3 Å². The fourth-order valence-corrected chi connectivity index (χ4v) is 3.34. The predicted octanol–water partition coefficient (Wildman–Crippen LogP) is 1.77. The molecule has 2 fully saturated rings. The molecular weight excluding hydrogens is 270 g/mol. The molecule has 1 saturated heterocycles. The van der Waals surface area contributed by atoms with Crippen LogP contribution in [0.3, 0.4) is 0 Å². The first kappa shape index (κ1) is 13.7. The molecule has 0 spiro atoms. The minimum Gasteiger partial charge on any atom is -0.370 e. The molecule has 1 aliphatic heterocycles. The molecule has 0 bridgehead atoms. The summed E-state index contributed by atoms with van der Waals surface area (Å²) < 4.78 is 0. The molecule has 20 heavy (non-hydrogen) atoms. The first-order chi connectivity index (χ1) is 9.72. The number of hydrogen-bond acceptors (Lipinski definition) is 4. The Morgan fingerprint density at radius 2 is 2.15 bits per heavy atom. The summed E-state index contributed by atoms with van der Waals surface area (Å²) >= 11 is 1.70. The number of rotatable bonds is 4. The van der Waals surface area contributed by atoms with Crippen LogP contribution in [0.1, 0.15) is 26.2 Å². The highest BCUT2D eigenvalue weighted by Crippen LogP contribution is 2.48. The van der Waals surface area contributed by atoms with Crippen LogP contribution in [0.15, 0.2) is 16.6 Å². The fraction of sp³-hybridized carbons (Fsp3) is 0.714. The Bertz CT molecular complexity index is 458. The first-order valence-corrected chi connectivity index (χ1v) is 8.30. The summed E-state index contributed by atoms with van der Waals surface area (Å²) in [5.41, 5.74) is 6.63. The first-order valence-electron chi connectivity index (χ1n) is 7.42. The smallest absolute Gasteiger partial charge is 0.191 e. The Labute approximate surface area is 124 Å². The number of aromatic nitrogens is 1. The van der Waals surface area contributed by atoms with Crippen molar-refractivity contribution >= 4 is 22.4 Å². The summed E-state index contributed by atoms with van der Waals surface area (Å²) in [7, 11) is 0. The lowest BCUT2D eigenvalue weighted by Crippen LogP contribution is -2.51. The lowest BCUT2D eigenvalue weighted by molar-refractivity contribution is 0.378. The topological polar surface area (TPSA) is 57.8 Å². The van der Waals surface area contributed by atoms with Crippen LogP contribution in [0, 0.1) is 5.41 Å². The maximum absolute atomic E-state index is 6.15. The average molecular weight is 293 g/mol. The zero-order valence-corrected chi connectivity index (χ0v) is 12.9. The van der Waals surface area contributed by atoms with Gasteiger partial charge in [-0.15, -0.1) is 11.3 Å². The summed E-state index contributed by atoms with van der Waals surface area (Å²) in [6.07, 6.45) is 5.72. The number of piperazine rings is 1. The van der Waals surface area contributed by atoms with Gasteiger partial charge in [-0.2, -0.15) is 0 Å². The Kier molecular flexibility index (Phi) is 3.83. The van der Waals surface area contributed by atoms with Gasteiger partial charge in [0.2, 0.25) is 0 Å². The summed E-state index contributed by atoms with van der Waals surface area (Å²) in [5.74, 6) is 0.725. The van der Waals surface area contributed by atoms with E-state index in [1.807, 2.05) is 11.6 Å². The molecule has 6 heteroatoms. The van der Waals surface area contributed by atoms with Gasteiger partial charge in [0.05, 0.1) is 0 Å². The van der Waals surface area contributed by atoms with Gasteiger partial charge in [0, 0.05) is 44.3 Å². The zero-order valence-electron chi connectivity index (χ0n) is 12.1. The van der Waals surface area contributed by atoms with E-state index < -0.39 is 0 Å². The summed E-state index contributed by atoms with van der Waals surface area (Å²) in [6, 6.07) is 0. The van der Waals surface area contributed by atoms with Crippen LogP contribution in [0.2, 0.25) is 0 Å². The average Bonchev–Trinajstić information content (AvgIpc) is 3.07. The lowest BCUT2D eigenvalue weighted by atomic mass is 10.1. The molecule has 0 unspecified atom stereocenters. The third kappa shape index (κ3) is 2.90. The Balaban J connectivity index is 1.51. The van der Waals surface area contributed by atoms with Crippen molar-refractivity contribution in [3.8, 4) is 0 Å². The van der Waals surface area contributed by atoms with Gasteiger partial charge in [0.1, 0.15) is 0 Å². The van der Waals surface area contributed by atoms with Gasteiger partial charge >= 0.3 is 0 Å². The summed E-state index contributed by atoms with van der Waals surface area (Å²) in [6.45, 7) is 6.99. The molecule has 5 nitrogen and oxygen atoms in total. The van der Waals surface area contributed by atoms with Crippen LogP contribution in [-0.2, 0) is 0 Å². The van der Waals surface area contributed by atoms with Gasteiger partial charge in [-0.05, 0) is 24.7 Å². The number of anilines is 1. The van der Waals surface area contributed by atoms with Crippen LogP contribution < -0.4 is 10.6 Å². The predicted molar refractivity (Wildman–Crippen MR) is 84.3 cm³/mol. The van der Waals surface area contributed by atoms with E-state index in [0.717, 1.165) is 43.8 Å². The molecule has 1 aromatic rings. The second-order valence-corrected chi connectivity index (χ2v) is 6.69. The zero-order chi connectivity index (χ0) is 14.0. The molecule has 0 radical (unpaired) electrons. The van der Waals surface area contributed by atoms with Crippen molar-refractivity contribution in [2.45, 2.75) is 26.2 Å². The molecule has 2 aliphatic rings. The third-order valence-corrected chi connectivity index (χ3v) is 5.41. The number of nitrogens with two attached hydrogens (primary N) is 1. The minimum absolute atomic E-state index is 0.479. The molecule has 110 valence electrons. The van der Waals surface area contributed by atoms with Gasteiger partial charge in [-0.1, -0.05) is 6.92 Å². The normalized spacial score (nSPS) is 22.1. The van der Waals surface area contributed by atoms with E-state index in [-0.39, 0.29) is 0 Å². The Morgan fingerprint density at radius 3 is 2.70 bits per heavy atom. The second kappa shape index (κ2) is 5.60. The molecule has 3 rings (SSSR count). The standard InChI is InChI=1S/C14H23N5S/c1-2-14(3-4-14)11-17-12(15)18-6-8-19(9-7-18)13-16-5-10-20-13/h5,10H,2-4,6-9,11H2,1H3,(H2,15,17). The van der Waals surface area contributed by atoms with E-state index in [4.69, 9.17) is 5.73 Å². The Morgan fingerprint density at radius 1 is 1.40 bits per heavy atom. The van der Waals surface area contributed by atoms with Crippen molar-refractivity contribution in [2.24, 2.45) is 16.1 Å². The van der Waals surface area contributed by atoms with Crippen LogP contribution in [0.4, 0.5) is 5.13 Å². The molecule has 2 N–H and O–H groups in total. The van der Waals surface area contributed by atoms with Crippen molar-refractivity contribution in [1.82, 2.24) is 9.88 Å². The number of guanidine groups is 1. The SMILES string of the molecule is CCC1(CN=C(N)N2CCN(c3nccs3)CC2)CC1. The van der Waals surface area contributed by atoms with E-state index in [9.17, 15) is 0 Å². The molecule has 1 saturated carbocycles. The van der Waals surface area contributed by atoms with Crippen molar-refractivity contribution in [2.75, 3.05) is 37.6 Å². The molecule has 1 aromatic heterocycles. The number of nitrogens with zero attached hydrogens (tertiary/aromatic N) is 4. The van der Waals surface area contributed by atoms with Crippen molar-refractivity contribution < 1.29 is 0 Å². The largest absolute Gasteiger partial charge is 0.370 e. The third-order valence-electron chi connectivity index (χ3n) is 4.58. The van der Waals surface area contributed by atoms with E-state index >= 15 is 0 Å². The summed E-state index contributed by atoms with van der Waals surface area (Å²) in [4.78, 5) is 13.5. The maximum Gasteiger partial charge on any atom is 0.191 e. The molecular formula is C14H23N5S. The van der Waals surface area contributed by atoms with Gasteiger partial charge in [-0.25, -0.2) is 4.98 Å². The van der Waals surface area contributed by atoms with E-state index in [1.54, 1.807) is 11.3 Å². The van der Waals surface area contributed by atoms with Crippen molar-refractivity contribution in [3.05, 3.63) is 11.6 Å². The molecule has 0 atom stereocenters. The van der Waals surface area contributed by atoms with Crippen LogP contribution in [0.25, 0.3) is 0 Å². The van der Waals surface area contributed by atoms with Crippen LogP contribution in [0.5, 0.6) is 0 Å². The highest BCUT2D eigenvalue weighted by Gasteiger charge is 2.40. The number of thiazole rings is 1. The van der Waals surface area contributed by atoms with Gasteiger partial charge in [-0.3, -0.25) is 4.99 Å². The minimum atomic E-state index is 0.479. The van der Waals surface area contributed by atoms with Gasteiger partial charge < -0.3 is 15.5 Å². The maximum atomic E-state index is 6.15. The van der Waals surface area contributed by atoms with Crippen LogP contribution >= 0.6 is 11.3 Å². The van der Waals surface area contributed by atoms with E-state index in [2.05, 4.69) is 26.7 Å². The van der Waals surface area contributed by atoms with Gasteiger partial charge in [0.25, 0.3) is 0 Å². The summed E-state index contributed by atoms with van der Waals surface area (Å²) in [5, 5.41) is 3.14. The lowest BCUT2D eigenvalue weighted by Gasteiger charge is -2.35. The Hall–Kier alpha value is -1.30. The molecule has 0 amide bonds. The number of hydrogen-bond donors (Lipinski definition) is 1. The monoisotopic (exact) mass is 293 g/mol. The molecule has 2 heterocycles.